The van der Waals surface area contributed by atoms with Crippen LogP contribution in [0.4, 0.5) is 19.2 Å². The summed E-state index contributed by atoms with van der Waals surface area (Å²) in [5.41, 5.74) is 7.83. The monoisotopic (exact) mass is 992 g/mol. The van der Waals surface area contributed by atoms with Gasteiger partial charge >= 0.3 is 30.2 Å². The lowest BCUT2D eigenvalue weighted by Crippen LogP contribution is -2.55. The number of benzene rings is 2. The van der Waals surface area contributed by atoms with Crippen LogP contribution in [0.3, 0.4) is 0 Å². The largest absolute Gasteiger partial charge is 0.480 e. The van der Waals surface area contributed by atoms with Crippen molar-refractivity contribution in [2.75, 3.05) is 39.3 Å². The fraction of sp³-hybridized carbons (Fsp3) is 0.583. The molecule has 6 N–H and O–H groups in total. The first-order valence-electron chi connectivity index (χ1n) is 23.9. The van der Waals surface area contributed by atoms with Crippen LogP contribution in [0, 0.1) is 11.8 Å². The molecule has 388 valence electrons. The molecule has 6 aliphatic rings. The van der Waals surface area contributed by atoms with Gasteiger partial charge in [0.2, 0.25) is 11.8 Å². The van der Waals surface area contributed by atoms with Crippen molar-refractivity contribution in [1.82, 2.24) is 46.0 Å². The van der Waals surface area contributed by atoms with Crippen molar-refractivity contribution in [1.29, 1.82) is 0 Å². The van der Waals surface area contributed by atoms with Gasteiger partial charge in [-0.25, -0.2) is 29.8 Å². The summed E-state index contributed by atoms with van der Waals surface area (Å²) in [6.07, 6.45) is 2.51. The van der Waals surface area contributed by atoms with Crippen LogP contribution in [-0.2, 0) is 51.5 Å². The van der Waals surface area contributed by atoms with Gasteiger partial charge in [0.1, 0.15) is 36.5 Å². The minimum absolute atomic E-state index is 0.0400. The highest BCUT2D eigenvalue weighted by Gasteiger charge is 2.49. The minimum Gasteiger partial charge on any atom is -0.480 e. The summed E-state index contributed by atoms with van der Waals surface area (Å²) < 4.78 is 10.6. The van der Waals surface area contributed by atoms with Crippen LogP contribution in [0.25, 0.3) is 0 Å². The molecule has 4 bridgehead atoms. The van der Waals surface area contributed by atoms with E-state index in [1.54, 1.807) is 20.8 Å². The second-order valence-corrected chi connectivity index (χ2v) is 20.2. The van der Waals surface area contributed by atoms with Gasteiger partial charge in [-0.1, -0.05) is 60.7 Å². The number of aliphatic carboxylic acids is 1. The summed E-state index contributed by atoms with van der Waals surface area (Å²) in [7, 11) is 0. The number of nitrogens with zero attached hydrogens (tertiary/aromatic N) is 6. The molecule has 2 aromatic carbocycles. The molecule has 2 unspecified atom stereocenters. The molecule has 6 atom stereocenters. The number of hydrogen-bond acceptors (Lipinski definition) is 13. The Labute approximate surface area is 413 Å². The second kappa shape index (κ2) is 23.5. The Balaban J connectivity index is 0.000000193. The topological polar surface area (TPSA) is 275 Å². The molecule has 23 nitrogen and oxygen atoms in total. The van der Waals surface area contributed by atoms with E-state index in [2.05, 4.69) is 16.3 Å². The summed E-state index contributed by atoms with van der Waals surface area (Å²) in [5, 5.41) is 11.8. The molecule has 71 heavy (non-hydrogen) atoms. The SMILES string of the molecule is CC(C)(C)OC(=O)N1CCC(C(=O)NN)C1.CC(C)(C)OC(=O)N1CCC(C(=O)NNC(=O)[C@@H]2CC[C@@H]3CN2C(=O)N3OCc2ccccc2)C1.O=C(O)[C@@H]1CC[C@@H]2CN1C(=O)N2OCc1ccccc1. The number of fused-ring (bicyclic) bond motifs is 4. The predicted molar refractivity (Wildman–Crippen MR) is 252 cm³/mol. The molecule has 2 aromatic rings. The molecule has 0 aliphatic carbocycles. The molecular formula is C48H68N10O13. The Kier molecular flexibility index (Phi) is 17.7. The van der Waals surface area contributed by atoms with E-state index in [4.69, 9.17) is 30.1 Å². The van der Waals surface area contributed by atoms with Gasteiger partial charge in [-0.15, -0.1) is 0 Å². The van der Waals surface area contributed by atoms with Crippen molar-refractivity contribution in [2.45, 2.75) is 129 Å². The second-order valence-electron chi connectivity index (χ2n) is 20.2. The Morgan fingerprint density at radius 3 is 1.41 bits per heavy atom. The third-order valence-corrected chi connectivity index (χ3v) is 12.5. The van der Waals surface area contributed by atoms with Crippen LogP contribution in [0.2, 0.25) is 0 Å². The standard InChI is InChI=1S/C24H33N5O6.C14H16N2O4.C10H19N3O3/c1-24(2,3)35-23(33)27-12-11-17(13-27)20(30)25-26-21(31)19-10-9-18-14-28(19)22(32)29(18)34-15-16-7-5-4-6-8-16;17-13(18)12-7-6-11-8-15(12)14(19)16(11)20-9-10-4-2-1-3-5-10;1-10(2,3)16-9(15)13-5-4-7(6-13)8(14)12-11/h4-8,17-19H,9-15H2,1-3H3,(H,25,30)(H,26,31);1-5,11-12H,6-9H2,(H,17,18);7H,4-6,11H2,1-3H3,(H,12,14)/t17?,18-,19+;11-,12+;/m11./s1. The molecular weight excluding hydrogens is 925 g/mol. The van der Waals surface area contributed by atoms with Crippen LogP contribution in [-0.4, -0.2) is 157 Å². The van der Waals surface area contributed by atoms with Crippen LogP contribution in [0.1, 0.15) is 91.2 Å². The molecule has 0 aromatic heterocycles. The molecule has 23 heteroatoms. The van der Waals surface area contributed by atoms with Crippen molar-refractivity contribution in [2.24, 2.45) is 17.7 Å². The molecule has 6 saturated heterocycles. The highest BCUT2D eigenvalue weighted by atomic mass is 16.7. The van der Waals surface area contributed by atoms with Crippen LogP contribution in [0.15, 0.2) is 60.7 Å². The lowest BCUT2D eigenvalue weighted by atomic mass is 10.0. The van der Waals surface area contributed by atoms with E-state index < -0.39 is 47.2 Å². The molecule has 0 spiro atoms. The molecule has 6 fully saturated rings. The van der Waals surface area contributed by atoms with E-state index in [9.17, 15) is 38.4 Å². The van der Waals surface area contributed by atoms with Gasteiger partial charge in [0.05, 0.1) is 23.9 Å². The number of likely N-dealkylation sites (tertiary alicyclic amines) is 2. The number of carbonyl (C=O) groups excluding carboxylic acids is 7. The van der Waals surface area contributed by atoms with Gasteiger partial charge in [0, 0.05) is 39.3 Å². The zero-order chi connectivity index (χ0) is 51.6. The number of hydrogen-bond donors (Lipinski definition) is 5. The summed E-state index contributed by atoms with van der Waals surface area (Å²) in [6.45, 7) is 13.7. The van der Waals surface area contributed by atoms with Gasteiger partial charge in [0.15, 0.2) is 0 Å². The van der Waals surface area contributed by atoms with Gasteiger partial charge in [-0.3, -0.25) is 40.3 Å². The maximum absolute atomic E-state index is 12.9. The number of piperidine rings is 2. The Morgan fingerprint density at radius 1 is 0.577 bits per heavy atom. The number of amides is 9. The first-order chi connectivity index (χ1) is 33.6. The number of nitrogens with one attached hydrogen (secondary N) is 3. The average molecular weight is 993 g/mol. The lowest BCUT2D eigenvalue weighted by molar-refractivity contribution is -0.143. The maximum atomic E-state index is 12.9. The Morgan fingerprint density at radius 2 is 0.986 bits per heavy atom. The van der Waals surface area contributed by atoms with Crippen molar-refractivity contribution < 1.29 is 62.6 Å². The molecule has 6 heterocycles. The molecule has 9 amide bonds. The van der Waals surface area contributed by atoms with Crippen LogP contribution >= 0.6 is 0 Å². The number of ether oxygens (including phenoxy) is 2. The summed E-state index contributed by atoms with van der Waals surface area (Å²) >= 11 is 0. The number of carbonyl (C=O) groups is 8. The van der Waals surface area contributed by atoms with E-state index in [1.807, 2.05) is 81.4 Å². The molecule has 0 saturated carbocycles. The van der Waals surface area contributed by atoms with E-state index in [0.29, 0.717) is 77.9 Å². The highest BCUT2D eigenvalue weighted by molar-refractivity contribution is 5.90. The van der Waals surface area contributed by atoms with Crippen LogP contribution < -0.4 is 22.1 Å². The quantitative estimate of drug-likeness (QED) is 0.130. The lowest BCUT2D eigenvalue weighted by Gasteiger charge is -2.29. The van der Waals surface area contributed by atoms with Crippen molar-refractivity contribution in [3.8, 4) is 0 Å². The minimum atomic E-state index is -0.943. The van der Waals surface area contributed by atoms with E-state index in [-0.39, 0.29) is 61.1 Å². The number of carboxylic acids is 1. The van der Waals surface area contributed by atoms with E-state index >= 15 is 0 Å². The zero-order valence-corrected chi connectivity index (χ0v) is 41.2. The number of carboxylic acid groups (broad SMARTS) is 1. The smallest absolute Gasteiger partial charge is 0.410 e. The van der Waals surface area contributed by atoms with Gasteiger partial charge < -0.3 is 34.2 Å². The number of hydrazine groups is 2. The van der Waals surface area contributed by atoms with E-state index in [0.717, 1.165) is 11.1 Å². The summed E-state index contributed by atoms with van der Waals surface area (Å²) in [6, 6.07) is 16.9. The van der Waals surface area contributed by atoms with E-state index in [1.165, 1.54) is 29.7 Å². The van der Waals surface area contributed by atoms with Crippen LogP contribution in [0.5, 0.6) is 0 Å². The van der Waals surface area contributed by atoms with Gasteiger partial charge in [0.25, 0.3) is 5.91 Å². The Bertz CT molecular complexity index is 2230. The Hall–Kier alpha value is -6.72. The summed E-state index contributed by atoms with van der Waals surface area (Å²) in [5.74, 6) is 2.37. The predicted octanol–water partition coefficient (Wildman–Crippen LogP) is 3.50. The number of hydroxylamine groups is 4. The maximum Gasteiger partial charge on any atom is 0.410 e. The summed E-state index contributed by atoms with van der Waals surface area (Å²) in [4.78, 5) is 114. The van der Waals surface area contributed by atoms with Crippen molar-refractivity contribution in [3.63, 3.8) is 0 Å². The average Bonchev–Trinajstić information content (AvgIpc) is 4.13. The molecule has 0 radical (unpaired) electrons. The molecule has 6 aliphatic heterocycles. The third kappa shape index (κ3) is 14.4. The van der Waals surface area contributed by atoms with Gasteiger partial charge in [-0.2, -0.15) is 10.1 Å². The first-order valence-corrected chi connectivity index (χ1v) is 23.9. The van der Waals surface area contributed by atoms with Gasteiger partial charge in [-0.05, 0) is 91.2 Å². The fourth-order valence-electron chi connectivity index (χ4n) is 8.92. The zero-order valence-electron chi connectivity index (χ0n) is 41.2. The number of urea groups is 2. The third-order valence-electron chi connectivity index (χ3n) is 12.5. The fourth-order valence-corrected chi connectivity index (χ4v) is 8.92. The number of nitrogens with two attached hydrogens (primary N) is 1. The number of rotatable bonds is 10. The normalized spacial score (nSPS) is 23.5. The molecule has 8 rings (SSSR count). The highest BCUT2D eigenvalue weighted by Crippen LogP contribution is 2.32. The van der Waals surface area contributed by atoms with Crippen molar-refractivity contribution in [3.05, 3.63) is 71.8 Å². The van der Waals surface area contributed by atoms with Crippen molar-refractivity contribution >= 4 is 47.9 Å². The first kappa shape index (κ1) is 53.6.